The van der Waals surface area contributed by atoms with Gasteiger partial charge in [0.2, 0.25) is 0 Å². The molecule has 12 heavy (non-hydrogen) atoms. The highest BCUT2D eigenvalue weighted by Crippen LogP contribution is 1.96. The molecule has 0 atom stereocenters. The van der Waals surface area contributed by atoms with Crippen LogP contribution in [0.25, 0.3) is 0 Å². The lowest BCUT2D eigenvalue weighted by Gasteiger charge is -2.18. The number of ether oxygens (including phenoxy) is 1. The Hall–Kier alpha value is -0.730. The first-order valence-corrected chi connectivity index (χ1v) is 4.67. The number of hydrogen-bond donors (Lipinski definition) is 0. The van der Waals surface area contributed by atoms with E-state index in [0.717, 1.165) is 25.9 Å². The van der Waals surface area contributed by atoms with Gasteiger partial charge in [-0.15, -0.1) is 0 Å². The van der Waals surface area contributed by atoms with Crippen LogP contribution in [0.3, 0.4) is 0 Å². The summed E-state index contributed by atoms with van der Waals surface area (Å²) in [6.07, 6.45) is 1.69. The van der Waals surface area contributed by atoms with Gasteiger partial charge in [0.05, 0.1) is 6.61 Å². The molecule has 0 rings (SSSR count). The maximum absolute atomic E-state index is 11.2. The predicted molar refractivity (Wildman–Crippen MR) is 49.2 cm³/mol. The van der Waals surface area contributed by atoms with Gasteiger partial charge in [-0.05, 0) is 19.8 Å². The number of carbonyl (C=O) groups is 1. The minimum absolute atomic E-state index is 0.179. The molecule has 0 aliphatic carbocycles. The summed E-state index contributed by atoms with van der Waals surface area (Å²) in [4.78, 5) is 12.9. The highest BCUT2D eigenvalue weighted by molar-refractivity contribution is 5.67. The van der Waals surface area contributed by atoms with Crippen LogP contribution in [0.5, 0.6) is 0 Å². The van der Waals surface area contributed by atoms with Crippen molar-refractivity contribution in [3.63, 3.8) is 0 Å². The number of hydrogen-bond acceptors (Lipinski definition) is 2. The van der Waals surface area contributed by atoms with Crippen molar-refractivity contribution in [2.75, 3.05) is 19.7 Å². The summed E-state index contributed by atoms with van der Waals surface area (Å²) in [5.41, 5.74) is 0. The SMILES string of the molecule is CCCOC(=O)N(CC)CCC. The molecule has 3 nitrogen and oxygen atoms in total. The molecule has 0 saturated heterocycles. The molecule has 0 spiro atoms. The normalized spacial score (nSPS) is 9.58. The molecule has 3 heteroatoms. The minimum Gasteiger partial charge on any atom is -0.449 e. The molecule has 0 fully saturated rings. The maximum atomic E-state index is 11.2. The van der Waals surface area contributed by atoms with Crippen molar-refractivity contribution in [2.24, 2.45) is 0 Å². The molecule has 0 heterocycles. The second-order valence-corrected chi connectivity index (χ2v) is 2.69. The zero-order valence-electron chi connectivity index (χ0n) is 8.30. The van der Waals surface area contributed by atoms with Crippen molar-refractivity contribution < 1.29 is 9.53 Å². The van der Waals surface area contributed by atoms with Gasteiger partial charge in [-0.2, -0.15) is 0 Å². The van der Waals surface area contributed by atoms with E-state index < -0.39 is 0 Å². The fourth-order valence-electron chi connectivity index (χ4n) is 0.929. The fourth-order valence-corrected chi connectivity index (χ4v) is 0.929. The molecule has 0 N–H and O–H groups in total. The number of amides is 1. The molecule has 0 bridgehead atoms. The van der Waals surface area contributed by atoms with Crippen molar-refractivity contribution in [2.45, 2.75) is 33.6 Å². The van der Waals surface area contributed by atoms with Crippen LogP contribution >= 0.6 is 0 Å². The van der Waals surface area contributed by atoms with Crippen LogP contribution in [-0.2, 0) is 4.74 Å². The van der Waals surface area contributed by atoms with Gasteiger partial charge in [-0.1, -0.05) is 13.8 Å². The van der Waals surface area contributed by atoms with Crippen LogP contribution in [0.1, 0.15) is 33.6 Å². The molecular weight excluding hydrogens is 154 g/mol. The van der Waals surface area contributed by atoms with E-state index in [1.807, 2.05) is 13.8 Å². The largest absolute Gasteiger partial charge is 0.449 e. The summed E-state index contributed by atoms with van der Waals surface area (Å²) in [7, 11) is 0. The smallest absolute Gasteiger partial charge is 0.409 e. The van der Waals surface area contributed by atoms with Crippen LogP contribution in [0.2, 0.25) is 0 Å². The molecule has 0 aliphatic rings. The molecule has 0 unspecified atom stereocenters. The van der Waals surface area contributed by atoms with E-state index in [9.17, 15) is 4.79 Å². The summed E-state index contributed by atoms with van der Waals surface area (Å²) in [6.45, 7) is 8.05. The summed E-state index contributed by atoms with van der Waals surface area (Å²) >= 11 is 0. The van der Waals surface area contributed by atoms with Crippen LogP contribution in [-0.4, -0.2) is 30.7 Å². The quantitative estimate of drug-likeness (QED) is 0.638. The van der Waals surface area contributed by atoms with Crippen LogP contribution in [0.15, 0.2) is 0 Å². The lowest BCUT2D eigenvalue weighted by molar-refractivity contribution is 0.104. The number of rotatable bonds is 5. The third-order valence-corrected chi connectivity index (χ3v) is 1.56. The van der Waals surface area contributed by atoms with Crippen molar-refractivity contribution >= 4 is 6.09 Å². The molecule has 72 valence electrons. The predicted octanol–water partition coefficient (Wildman–Crippen LogP) is 2.26. The Morgan fingerprint density at radius 3 is 2.33 bits per heavy atom. The van der Waals surface area contributed by atoms with Gasteiger partial charge in [0.15, 0.2) is 0 Å². The Balaban J connectivity index is 3.69. The van der Waals surface area contributed by atoms with E-state index >= 15 is 0 Å². The Kier molecular flexibility index (Phi) is 6.53. The molecular formula is C9H19NO2. The fraction of sp³-hybridized carbons (Fsp3) is 0.889. The van der Waals surface area contributed by atoms with Gasteiger partial charge < -0.3 is 9.64 Å². The van der Waals surface area contributed by atoms with Crippen LogP contribution in [0.4, 0.5) is 4.79 Å². The summed E-state index contributed by atoms with van der Waals surface area (Å²) in [5.74, 6) is 0. The van der Waals surface area contributed by atoms with Gasteiger partial charge in [0.25, 0.3) is 0 Å². The van der Waals surface area contributed by atoms with E-state index in [4.69, 9.17) is 4.74 Å². The van der Waals surface area contributed by atoms with Gasteiger partial charge in [0.1, 0.15) is 0 Å². The second-order valence-electron chi connectivity index (χ2n) is 2.69. The monoisotopic (exact) mass is 173 g/mol. The summed E-state index contributed by atoms with van der Waals surface area (Å²) < 4.78 is 4.98. The van der Waals surface area contributed by atoms with Crippen LogP contribution < -0.4 is 0 Å². The van der Waals surface area contributed by atoms with Gasteiger partial charge in [-0.25, -0.2) is 4.79 Å². The van der Waals surface area contributed by atoms with Crippen molar-refractivity contribution in [3.8, 4) is 0 Å². The molecule has 0 aromatic rings. The first-order valence-electron chi connectivity index (χ1n) is 4.67. The lowest BCUT2D eigenvalue weighted by Crippen LogP contribution is -2.32. The second kappa shape index (κ2) is 6.95. The zero-order valence-corrected chi connectivity index (χ0v) is 8.30. The third kappa shape index (κ3) is 4.21. The van der Waals surface area contributed by atoms with Crippen molar-refractivity contribution in [3.05, 3.63) is 0 Å². The highest BCUT2D eigenvalue weighted by atomic mass is 16.6. The molecule has 0 radical (unpaired) electrons. The van der Waals surface area contributed by atoms with Crippen molar-refractivity contribution in [1.82, 2.24) is 4.90 Å². The van der Waals surface area contributed by atoms with Crippen molar-refractivity contribution in [1.29, 1.82) is 0 Å². The molecule has 0 aromatic heterocycles. The summed E-state index contributed by atoms with van der Waals surface area (Å²) in [5, 5.41) is 0. The first kappa shape index (κ1) is 11.3. The molecule has 0 aliphatic heterocycles. The zero-order chi connectivity index (χ0) is 9.40. The molecule has 0 aromatic carbocycles. The third-order valence-electron chi connectivity index (χ3n) is 1.56. The Morgan fingerprint density at radius 2 is 1.92 bits per heavy atom. The van der Waals surface area contributed by atoms with E-state index in [1.54, 1.807) is 4.90 Å². The first-order chi connectivity index (χ1) is 5.76. The maximum Gasteiger partial charge on any atom is 0.409 e. The van der Waals surface area contributed by atoms with E-state index in [0.29, 0.717) is 6.61 Å². The molecule has 1 amide bonds. The van der Waals surface area contributed by atoms with Gasteiger partial charge in [0, 0.05) is 13.1 Å². The Morgan fingerprint density at radius 1 is 1.25 bits per heavy atom. The van der Waals surface area contributed by atoms with E-state index in [-0.39, 0.29) is 6.09 Å². The minimum atomic E-state index is -0.179. The average Bonchev–Trinajstić information content (AvgIpc) is 2.10. The lowest BCUT2D eigenvalue weighted by atomic mass is 10.4. The molecule has 0 saturated carbocycles. The Labute approximate surface area is 74.7 Å². The van der Waals surface area contributed by atoms with E-state index in [2.05, 4.69) is 6.92 Å². The topological polar surface area (TPSA) is 29.5 Å². The number of carbonyl (C=O) groups excluding carboxylic acids is 1. The van der Waals surface area contributed by atoms with Gasteiger partial charge >= 0.3 is 6.09 Å². The highest BCUT2D eigenvalue weighted by Gasteiger charge is 2.10. The standard InChI is InChI=1S/C9H19NO2/c1-4-7-10(6-3)9(11)12-8-5-2/h4-8H2,1-3H3. The van der Waals surface area contributed by atoms with Gasteiger partial charge in [-0.3, -0.25) is 0 Å². The summed E-state index contributed by atoms with van der Waals surface area (Å²) in [6, 6.07) is 0. The van der Waals surface area contributed by atoms with Crippen LogP contribution in [0, 0.1) is 0 Å². The Bertz CT molecular complexity index is 126. The average molecular weight is 173 g/mol. The van der Waals surface area contributed by atoms with E-state index in [1.165, 1.54) is 0 Å². The number of nitrogens with zero attached hydrogens (tertiary/aromatic N) is 1.